The minimum atomic E-state index is -3.59. The minimum Gasteiger partial charge on any atom is -0.461 e. The molecular formula is C24H24N4O4S2. The first-order valence-corrected chi connectivity index (χ1v) is 13.0. The zero-order valence-corrected chi connectivity index (χ0v) is 20.5. The average molecular weight is 497 g/mol. The van der Waals surface area contributed by atoms with E-state index in [0.29, 0.717) is 22.3 Å². The lowest BCUT2D eigenvalue weighted by molar-refractivity contribution is -0.115. The Bertz CT molecular complexity index is 1400. The van der Waals surface area contributed by atoms with E-state index < -0.39 is 15.3 Å². The smallest absolute Gasteiger partial charge is 0.240 e. The molecule has 0 saturated heterocycles. The summed E-state index contributed by atoms with van der Waals surface area (Å²) < 4.78 is 32.6. The molecule has 0 spiro atoms. The first-order valence-electron chi connectivity index (χ1n) is 10.6. The SMILES string of the molecule is CC(C)NS(=O)(=O)c1ccc(NC(=O)C(C)Sc2nc(-c3ccco3)nc3ccccc23)cc1. The Morgan fingerprint density at radius 3 is 2.38 bits per heavy atom. The second kappa shape index (κ2) is 9.96. The number of rotatable bonds is 8. The topological polar surface area (TPSA) is 114 Å². The first kappa shape index (κ1) is 23.9. The van der Waals surface area contributed by atoms with Gasteiger partial charge in [-0.05, 0) is 63.2 Å². The molecule has 0 aliphatic heterocycles. The van der Waals surface area contributed by atoms with Crippen LogP contribution in [0.5, 0.6) is 0 Å². The van der Waals surface area contributed by atoms with Crippen molar-refractivity contribution in [3.63, 3.8) is 0 Å². The highest BCUT2D eigenvalue weighted by Crippen LogP contribution is 2.31. The highest BCUT2D eigenvalue weighted by atomic mass is 32.2. The van der Waals surface area contributed by atoms with Crippen molar-refractivity contribution in [3.8, 4) is 11.6 Å². The van der Waals surface area contributed by atoms with E-state index >= 15 is 0 Å². The fourth-order valence-corrected chi connectivity index (χ4v) is 5.40. The number of hydrogen-bond donors (Lipinski definition) is 2. The van der Waals surface area contributed by atoms with Crippen molar-refractivity contribution < 1.29 is 17.6 Å². The van der Waals surface area contributed by atoms with Crippen molar-refractivity contribution in [2.45, 2.75) is 42.0 Å². The van der Waals surface area contributed by atoms with E-state index in [4.69, 9.17) is 4.42 Å². The summed E-state index contributed by atoms with van der Waals surface area (Å²) in [6.45, 7) is 5.29. The summed E-state index contributed by atoms with van der Waals surface area (Å²) in [6.07, 6.45) is 1.56. The second-order valence-electron chi connectivity index (χ2n) is 7.90. The molecule has 0 aliphatic carbocycles. The average Bonchev–Trinajstić information content (AvgIpc) is 3.33. The fraction of sp³-hybridized carbons (Fsp3) is 0.208. The number of carbonyl (C=O) groups excluding carboxylic acids is 1. The number of hydrogen-bond acceptors (Lipinski definition) is 7. The van der Waals surface area contributed by atoms with Crippen molar-refractivity contribution in [2.24, 2.45) is 0 Å². The van der Waals surface area contributed by atoms with Gasteiger partial charge < -0.3 is 9.73 Å². The molecular weight excluding hydrogens is 472 g/mol. The molecule has 34 heavy (non-hydrogen) atoms. The van der Waals surface area contributed by atoms with Crippen molar-refractivity contribution in [3.05, 3.63) is 66.9 Å². The van der Waals surface area contributed by atoms with E-state index in [1.54, 1.807) is 51.3 Å². The highest BCUT2D eigenvalue weighted by Gasteiger charge is 2.20. The maximum Gasteiger partial charge on any atom is 0.240 e. The summed E-state index contributed by atoms with van der Waals surface area (Å²) in [4.78, 5) is 22.2. The maximum absolute atomic E-state index is 12.9. The van der Waals surface area contributed by atoms with Crippen LogP contribution in [0.4, 0.5) is 5.69 Å². The number of amides is 1. The fourth-order valence-electron chi connectivity index (χ4n) is 3.21. The molecule has 2 aromatic carbocycles. The molecule has 1 unspecified atom stereocenters. The number of thioether (sulfide) groups is 1. The monoisotopic (exact) mass is 496 g/mol. The van der Waals surface area contributed by atoms with Gasteiger partial charge in [-0.3, -0.25) is 4.79 Å². The van der Waals surface area contributed by atoms with Gasteiger partial charge >= 0.3 is 0 Å². The van der Waals surface area contributed by atoms with Gasteiger partial charge in [0.2, 0.25) is 15.9 Å². The number of aromatic nitrogens is 2. The van der Waals surface area contributed by atoms with Gasteiger partial charge in [0, 0.05) is 17.1 Å². The quantitative estimate of drug-likeness (QED) is 0.268. The summed E-state index contributed by atoms with van der Waals surface area (Å²) in [5.74, 6) is 0.764. The number of carbonyl (C=O) groups is 1. The van der Waals surface area contributed by atoms with Crippen LogP contribution >= 0.6 is 11.8 Å². The van der Waals surface area contributed by atoms with Gasteiger partial charge in [-0.15, -0.1) is 0 Å². The molecule has 1 amide bonds. The van der Waals surface area contributed by atoms with Crippen LogP contribution in [-0.4, -0.2) is 35.6 Å². The second-order valence-corrected chi connectivity index (χ2v) is 10.9. The Morgan fingerprint density at radius 2 is 1.71 bits per heavy atom. The molecule has 2 N–H and O–H groups in total. The van der Waals surface area contributed by atoms with Gasteiger partial charge in [0.15, 0.2) is 11.6 Å². The zero-order valence-electron chi connectivity index (χ0n) is 18.8. The lowest BCUT2D eigenvalue weighted by atomic mass is 10.2. The van der Waals surface area contributed by atoms with Crippen LogP contribution < -0.4 is 10.0 Å². The van der Waals surface area contributed by atoms with E-state index in [0.717, 1.165) is 10.9 Å². The standard InChI is InChI=1S/C24H24N4O4S2/c1-15(2)28-34(30,31)18-12-10-17(11-13-18)25-23(29)16(3)33-24-19-7-4-5-8-20(19)26-22(27-24)21-9-6-14-32-21/h4-16,28H,1-3H3,(H,25,29). The molecule has 0 aliphatic rings. The van der Waals surface area contributed by atoms with Gasteiger partial charge in [0.1, 0.15) is 5.03 Å². The number of nitrogens with zero attached hydrogens (tertiary/aromatic N) is 2. The number of anilines is 1. The van der Waals surface area contributed by atoms with Gasteiger partial charge in [-0.1, -0.05) is 30.0 Å². The molecule has 0 radical (unpaired) electrons. The Balaban J connectivity index is 1.51. The summed E-state index contributed by atoms with van der Waals surface area (Å²) in [5, 5.41) is 3.87. The molecule has 1 atom stereocenters. The zero-order chi connectivity index (χ0) is 24.3. The first-order chi connectivity index (χ1) is 16.2. The largest absolute Gasteiger partial charge is 0.461 e. The molecule has 176 valence electrons. The maximum atomic E-state index is 12.9. The van der Waals surface area contributed by atoms with Crippen molar-refractivity contribution in [1.82, 2.24) is 14.7 Å². The molecule has 4 aromatic rings. The van der Waals surface area contributed by atoms with E-state index in [1.807, 2.05) is 24.3 Å². The Hall–Kier alpha value is -3.21. The molecule has 0 saturated carbocycles. The number of fused-ring (bicyclic) bond motifs is 1. The molecule has 0 fully saturated rings. The predicted molar refractivity (Wildman–Crippen MR) is 133 cm³/mol. The van der Waals surface area contributed by atoms with Gasteiger partial charge in [-0.2, -0.15) is 0 Å². The third kappa shape index (κ3) is 5.46. The van der Waals surface area contributed by atoms with Gasteiger partial charge in [-0.25, -0.2) is 23.1 Å². The lowest BCUT2D eigenvalue weighted by Crippen LogP contribution is -2.30. The van der Waals surface area contributed by atoms with Crippen LogP contribution in [0.3, 0.4) is 0 Å². The lowest BCUT2D eigenvalue weighted by Gasteiger charge is -2.14. The molecule has 0 bridgehead atoms. The Morgan fingerprint density at radius 1 is 0.971 bits per heavy atom. The Labute approximate surface area is 202 Å². The third-order valence-corrected chi connectivity index (χ3v) is 7.57. The molecule has 10 heteroatoms. The van der Waals surface area contributed by atoms with Crippen molar-refractivity contribution in [2.75, 3.05) is 5.32 Å². The Kier molecular flexibility index (Phi) is 7.01. The van der Waals surface area contributed by atoms with E-state index in [-0.39, 0.29) is 16.8 Å². The normalized spacial score (nSPS) is 12.7. The van der Waals surface area contributed by atoms with Crippen molar-refractivity contribution in [1.29, 1.82) is 0 Å². The third-order valence-electron chi connectivity index (χ3n) is 4.79. The van der Waals surface area contributed by atoms with Crippen LogP contribution in [0.2, 0.25) is 0 Å². The van der Waals surface area contributed by atoms with Gasteiger partial charge in [0.25, 0.3) is 0 Å². The van der Waals surface area contributed by atoms with Crippen molar-refractivity contribution >= 4 is 44.3 Å². The molecule has 2 heterocycles. The van der Waals surface area contributed by atoms with E-state index in [9.17, 15) is 13.2 Å². The van der Waals surface area contributed by atoms with E-state index in [1.165, 1.54) is 23.9 Å². The number of para-hydroxylation sites is 1. The van der Waals surface area contributed by atoms with Crippen LogP contribution in [0.1, 0.15) is 20.8 Å². The number of furan rings is 1. The molecule has 2 aromatic heterocycles. The van der Waals surface area contributed by atoms with Crippen LogP contribution in [0.25, 0.3) is 22.5 Å². The summed E-state index contributed by atoms with van der Waals surface area (Å²) >= 11 is 1.32. The van der Waals surface area contributed by atoms with Crippen LogP contribution in [-0.2, 0) is 14.8 Å². The summed E-state index contributed by atoms with van der Waals surface area (Å²) in [7, 11) is -3.59. The highest BCUT2D eigenvalue weighted by molar-refractivity contribution is 8.00. The van der Waals surface area contributed by atoms with Crippen LogP contribution in [0.15, 0.2) is 81.3 Å². The molecule has 8 nitrogen and oxygen atoms in total. The summed E-state index contributed by atoms with van der Waals surface area (Å²) in [6, 6.07) is 17.0. The van der Waals surface area contributed by atoms with Gasteiger partial charge in [0.05, 0.1) is 21.9 Å². The van der Waals surface area contributed by atoms with Crippen LogP contribution in [0, 0.1) is 0 Å². The predicted octanol–water partition coefficient (Wildman–Crippen LogP) is 4.70. The minimum absolute atomic E-state index is 0.138. The number of sulfonamides is 1. The summed E-state index contributed by atoms with van der Waals surface area (Å²) in [5.41, 5.74) is 1.26. The number of benzene rings is 2. The molecule has 4 rings (SSSR count). The van der Waals surface area contributed by atoms with E-state index in [2.05, 4.69) is 20.0 Å². The number of nitrogens with one attached hydrogen (secondary N) is 2.